The number of aromatic nitrogens is 1. The molecule has 3 aromatic rings. The third-order valence-electron chi connectivity index (χ3n) is 3.60. The molecule has 0 bridgehead atoms. The fourth-order valence-electron chi connectivity index (χ4n) is 2.27. The summed E-state index contributed by atoms with van der Waals surface area (Å²) in [5.41, 5.74) is 2.58. The van der Waals surface area contributed by atoms with Gasteiger partial charge in [-0.05, 0) is 30.3 Å². The molecule has 1 aromatic heterocycles. The van der Waals surface area contributed by atoms with Gasteiger partial charge in [0, 0.05) is 22.2 Å². The molecule has 0 saturated heterocycles. The summed E-state index contributed by atoms with van der Waals surface area (Å²) in [6.07, 6.45) is 1.58. The average molecular weight is 437 g/mol. The van der Waals surface area contributed by atoms with Crippen LogP contribution < -0.4 is 10.1 Å². The number of methoxy groups -OCH3 is 1. The van der Waals surface area contributed by atoms with Crippen LogP contribution in [0.15, 0.2) is 48.0 Å². The molecule has 4 nitrogen and oxygen atoms in total. The largest absolute Gasteiger partial charge is 0.495 e. The zero-order valence-electron chi connectivity index (χ0n) is 14.0. The first-order valence-corrected chi connectivity index (χ1v) is 9.65. The van der Waals surface area contributed by atoms with Gasteiger partial charge in [0.05, 0.1) is 28.5 Å². The van der Waals surface area contributed by atoms with E-state index in [4.69, 9.17) is 39.5 Å². The minimum Gasteiger partial charge on any atom is -0.495 e. The Hall–Kier alpha value is -2.23. The standard InChI is InChI=1S/C19H12Cl3N3OS/c1-26-18-5-3-13(20)7-16(18)24-9-12(8-23)19-25-17(10-27-19)11-2-4-14(21)15(22)6-11/h2-7,9-10,24H,1H3. The predicted octanol–water partition coefficient (Wildman–Crippen LogP) is 6.76. The first kappa shape index (κ1) is 19.5. The lowest BCUT2D eigenvalue weighted by Gasteiger charge is -2.08. The van der Waals surface area contributed by atoms with Crippen molar-refractivity contribution in [3.8, 4) is 23.1 Å². The summed E-state index contributed by atoms with van der Waals surface area (Å²) < 4.78 is 5.29. The molecule has 0 aliphatic carbocycles. The molecule has 3 rings (SSSR count). The SMILES string of the molecule is COc1ccc(Cl)cc1NC=C(C#N)c1nc(-c2ccc(Cl)c(Cl)c2)cs1. The Morgan fingerprint density at radius 3 is 2.70 bits per heavy atom. The molecule has 0 spiro atoms. The molecule has 0 aliphatic rings. The van der Waals surface area contributed by atoms with Gasteiger partial charge in [0.15, 0.2) is 0 Å². The number of halogens is 3. The molecular formula is C19H12Cl3N3OS. The summed E-state index contributed by atoms with van der Waals surface area (Å²) in [4.78, 5) is 4.52. The third-order valence-corrected chi connectivity index (χ3v) is 5.45. The van der Waals surface area contributed by atoms with Crippen LogP contribution in [0.25, 0.3) is 16.8 Å². The van der Waals surface area contributed by atoms with Crippen molar-refractivity contribution in [2.75, 3.05) is 12.4 Å². The number of ether oxygens (including phenoxy) is 1. The second kappa shape index (κ2) is 8.64. The third kappa shape index (κ3) is 4.55. The van der Waals surface area contributed by atoms with E-state index in [2.05, 4.69) is 16.4 Å². The second-order valence-electron chi connectivity index (χ2n) is 5.33. The summed E-state index contributed by atoms with van der Waals surface area (Å²) in [6, 6.07) is 12.6. The van der Waals surface area contributed by atoms with E-state index in [1.807, 2.05) is 11.4 Å². The Kier molecular flexibility index (Phi) is 6.25. The van der Waals surface area contributed by atoms with E-state index in [-0.39, 0.29) is 0 Å². The van der Waals surface area contributed by atoms with Crippen LogP contribution in [0.2, 0.25) is 15.1 Å². The van der Waals surface area contributed by atoms with Gasteiger partial charge >= 0.3 is 0 Å². The smallest absolute Gasteiger partial charge is 0.142 e. The summed E-state index contributed by atoms with van der Waals surface area (Å²) in [5.74, 6) is 0.614. The molecule has 27 heavy (non-hydrogen) atoms. The molecule has 0 aliphatic heterocycles. The van der Waals surface area contributed by atoms with Crippen molar-refractivity contribution in [2.24, 2.45) is 0 Å². The van der Waals surface area contributed by atoms with Crippen molar-refractivity contribution in [1.82, 2.24) is 4.98 Å². The Morgan fingerprint density at radius 1 is 1.19 bits per heavy atom. The predicted molar refractivity (Wildman–Crippen MR) is 113 cm³/mol. The topological polar surface area (TPSA) is 57.9 Å². The molecule has 2 aromatic carbocycles. The summed E-state index contributed by atoms with van der Waals surface area (Å²) in [6.45, 7) is 0. The van der Waals surface area contributed by atoms with Crippen LogP contribution in [0.5, 0.6) is 5.75 Å². The molecule has 0 unspecified atom stereocenters. The lowest BCUT2D eigenvalue weighted by atomic mass is 10.2. The van der Waals surface area contributed by atoms with Crippen LogP contribution in [0.4, 0.5) is 5.69 Å². The highest BCUT2D eigenvalue weighted by molar-refractivity contribution is 7.11. The Balaban J connectivity index is 1.87. The van der Waals surface area contributed by atoms with Crippen molar-refractivity contribution in [1.29, 1.82) is 5.26 Å². The number of allylic oxidation sites excluding steroid dienone is 1. The van der Waals surface area contributed by atoms with E-state index in [0.29, 0.717) is 37.1 Å². The van der Waals surface area contributed by atoms with Crippen molar-refractivity contribution >= 4 is 57.4 Å². The zero-order valence-corrected chi connectivity index (χ0v) is 17.0. The van der Waals surface area contributed by atoms with Crippen LogP contribution in [0, 0.1) is 11.3 Å². The van der Waals surface area contributed by atoms with Crippen LogP contribution >= 0.6 is 46.1 Å². The first-order valence-electron chi connectivity index (χ1n) is 7.63. The number of nitriles is 1. The lowest BCUT2D eigenvalue weighted by molar-refractivity contribution is 0.417. The van der Waals surface area contributed by atoms with Crippen LogP contribution in [0.3, 0.4) is 0 Å². The molecule has 136 valence electrons. The number of thiazole rings is 1. The van der Waals surface area contributed by atoms with Gasteiger partial charge in [-0.1, -0.05) is 40.9 Å². The maximum absolute atomic E-state index is 9.51. The molecule has 1 N–H and O–H groups in total. The molecule has 0 fully saturated rings. The van der Waals surface area contributed by atoms with Crippen LogP contribution in [-0.4, -0.2) is 12.1 Å². The second-order valence-corrected chi connectivity index (χ2v) is 7.43. The minimum atomic E-state index is 0.383. The summed E-state index contributed by atoms with van der Waals surface area (Å²) in [5, 5.41) is 16.5. The molecule has 1 heterocycles. The summed E-state index contributed by atoms with van der Waals surface area (Å²) >= 11 is 19.4. The molecule has 0 atom stereocenters. The number of hydrogen-bond donors (Lipinski definition) is 1. The van der Waals surface area contributed by atoms with Gasteiger partial charge in [0.25, 0.3) is 0 Å². The van der Waals surface area contributed by atoms with Crippen molar-refractivity contribution < 1.29 is 4.74 Å². The van der Waals surface area contributed by atoms with E-state index in [1.54, 1.807) is 43.6 Å². The highest BCUT2D eigenvalue weighted by Crippen LogP contribution is 2.32. The minimum absolute atomic E-state index is 0.383. The van der Waals surface area contributed by atoms with Gasteiger partial charge in [0.1, 0.15) is 22.4 Å². The highest BCUT2D eigenvalue weighted by Gasteiger charge is 2.11. The van der Waals surface area contributed by atoms with Crippen molar-refractivity contribution in [2.45, 2.75) is 0 Å². The van der Waals surface area contributed by atoms with Gasteiger partial charge in [-0.15, -0.1) is 11.3 Å². The maximum atomic E-state index is 9.51. The van der Waals surface area contributed by atoms with E-state index in [0.717, 1.165) is 11.3 Å². The normalized spacial score (nSPS) is 11.1. The molecule has 0 radical (unpaired) electrons. The maximum Gasteiger partial charge on any atom is 0.142 e. The number of rotatable bonds is 5. The zero-order chi connectivity index (χ0) is 19.4. The number of anilines is 1. The van der Waals surface area contributed by atoms with E-state index in [1.165, 1.54) is 11.3 Å². The molecule has 0 amide bonds. The number of hydrogen-bond acceptors (Lipinski definition) is 5. The van der Waals surface area contributed by atoms with E-state index < -0.39 is 0 Å². The van der Waals surface area contributed by atoms with Crippen molar-refractivity contribution in [3.05, 3.63) is 68.1 Å². The van der Waals surface area contributed by atoms with Gasteiger partial charge in [0.2, 0.25) is 0 Å². The van der Waals surface area contributed by atoms with Crippen LogP contribution in [-0.2, 0) is 0 Å². The Bertz CT molecular complexity index is 1060. The Morgan fingerprint density at radius 2 is 2.00 bits per heavy atom. The summed E-state index contributed by atoms with van der Waals surface area (Å²) in [7, 11) is 1.56. The number of nitrogens with zero attached hydrogens (tertiary/aromatic N) is 2. The van der Waals surface area contributed by atoms with Gasteiger partial charge in [-0.25, -0.2) is 4.98 Å². The molecular weight excluding hydrogens is 425 g/mol. The average Bonchev–Trinajstić information content (AvgIpc) is 3.14. The first-order chi connectivity index (χ1) is 13.0. The van der Waals surface area contributed by atoms with Gasteiger partial charge in [-0.2, -0.15) is 5.26 Å². The lowest BCUT2D eigenvalue weighted by Crippen LogP contribution is -1.95. The van der Waals surface area contributed by atoms with E-state index >= 15 is 0 Å². The monoisotopic (exact) mass is 435 g/mol. The molecule has 8 heteroatoms. The van der Waals surface area contributed by atoms with Gasteiger partial charge < -0.3 is 10.1 Å². The fraction of sp³-hybridized carbons (Fsp3) is 0.0526. The van der Waals surface area contributed by atoms with Crippen molar-refractivity contribution in [3.63, 3.8) is 0 Å². The Labute approximate surface area is 175 Å². The number of benzene rings is 2. The van der Waals surface area contributed by atoms with Crippen LogP contribution in [0.1, 0.15) is 5.01 Å². The van der Waals surface area contributed by atoms with E-state index in [9.17, 15) is 5.26 Å². The van der Waals surface area contributed by atoms with Gasteiger partial charge in [-0.3, -0.25) is 0 Å². The fourth-order valence-corrected chi connectivity index (χ4v) is 3.54. The molecule has 0 saturated carbocycles. The highest BCUT2D eigenvalue weighted by atomic mass is 35.5. The quantitative estimate of drug-likeness (QED) is 0.449. The number of nitrogens with one attached hydrogen (secondary N) is 1.